The van der Waals surface area contributed by atoms with Crippen LogP contribution in [0.4, 0.5) is 0 Å². The van der Waals surface area contributed by atoms with Gasteiger partial charge in [-0.3, -0.25) is 9.79 Å². The van der Waals surface area contributed by atoms with E-state index in [-0.39, 0.29) is 99.3 Å². The molecule has 306 valence electrons. The molecule has 0 fully saturated rings. The van der Waals surface area contributed by atoms with Gasteiger partial charge in [0.05, 0.1) is 37.0 Å². The summed E-state index contributed by atoms with van der Waals surface area (Å²) >= 11 is 0. The summed E-state index contributed by atoms with van der Waals surface area (Å²) in [6, 6.07) is 40.0. The van der Waals surface area contributed by atoms with Crippen molar-refractivity contribution in [3.8, 4) is 0 Å². The Bertz CT molecular complexity index is 772. The van der Waals surface area contributed by atoms with Crippen molar-refractivity contribution >= 4 is 15.0 Å². The van der Waals surface area contributed by atoms with E-state index in [1.54, 1.807) is 0 Å². The first-order valence-corrected chi connectivity index (χ1v) is 23.3. The van der Waals surface area contributed by atoms with Gasteiger partial charge in [-0.05, 0) is 38.5 Å². The van der Waals surface area contributed by atoms with Gasteiger partial charge in [0.2, 0.25) is 0 Å². The molecular weight excluding hydrogens is 972 g/mol. The Kier molecular flexibility index (Phi) is 58.3. The molecule has 0 aliphatic rings. The van der Waals surface area contributed by atoms with Crippen LogP contribution < -0.4 is 0 Å². The minimum absolute atomic E-state index is 0. The second kappa shape index (κ2) is 48.2. The predicted molar refractivity (Wildman–Crippen MR) is 224 cm³/mol. The van der Waals surface area contributed by atoms with E-state index >= 15 is 0 Å². The normalized spacial score (nSPS) is 9.68. The van der Waals surface area contributed by atoms with Gasteiger partial charge < -0.3 is 5.48 Å². The van der Waals surface area contributed by atoms with Crippen LogP contribution in [0, 0.1) is 93.8 Å². The van der Waals surface area contributed by atoms with Gasteiger partial charge in [-0.1, -0.05) is 73.6 Å². The molecule has 0 aliphatic heterocycles. The van der Waals surface area contributed by atoms with Crippen LogP contribution in [0.15, 0.2) is 121 Å². The summed E-state index contributed by atoms with van der Waals surface area (Å²) < 4.78 is 0. The van der Waals surface area contributed by atoms with Crippen molar-refractivity contribution in [2.45, 2.75) is 112 Å². The van der Waals surface area contributed by atoms with Crippen molar-refractivity contribution in [2.24, 2.45) is 0 Å². The summed E-state index contributed by atoms with van der Waals surface area (Å²) in [5, 5.41) is 0. The van der Waals surface area contributed by atoms with E-state index in [0.717, 1.165) is 43.4 Å². The molecule has 4 aromatic rings. The summed E-state index contributed by atoms with van der Waals surface area (Å²) in [6.07, 6.45) is 20.0. The van der Waals surface area contributed by atoms with Gasteiger partial charge in [0.25, 0.3) is 0 Å². The van der Waals surface area contributed by atoms with Gasteiger partial charge in [0.15, 0.2) is 0 Å². The number of hydrogen-bond acceptors (Lipinski definition) is 2. The largest absolute Gasteiger partial charge is 0.412 e. The van der Waals surface area contributed by atoms with Gasteiger partial charge in [-0.25, -0.2) is 48.5 Å². The number of rotatable bonds is 17. The standard InChI is InChI=1S/C12H28OP.C11H26OP.4C5H5.H2O.2Yb/c1-4-7-10-14(13,11-8-5-2)12-9-6-3;1-4-7-10-13(12,9-6-3)11-8-5-2;4*1-2-4-5-3-1;;;/h13H,4-12H2,1-3H3;12H,4-11H2,1-3H3;4*1-5H;1H2;;/q2*+1;4*-1;;;. The van der Waals surface area contributed by atoms with Crippen LogP contribution in [0.5, 0.6) is 0 Å². The van der Waals surface area contributed by atoms with Gasteiger partial charge in [-0.2, -0.15) is 72.8 Å². The summed E-state index contributed by atoms with van der Waals surface area (Å²) in [7, 11) is -3.02. The minimum Gasteiger partial charge on any atom is -0.412 e. The molecule has 0 spiro atoms. The third-order valence-corrected chi connectivity index (χ3v) is 14.5. The molecule has 0 bridgehead atoms. The molecule has 0 amide bonds. The van der Waals surface area contributed by atoms with Crippen LogP contribution in [0.2, 0.25) is 0 Å². The monoisotopic (exact) mass is 1050 g/mol. The average molecular weight is 1050 g/mol. The molecule has 4 N–H and O–H groups in total. The second-order valence-corrected chi connectivity index (χ2v) is 19.2. The Morgan fingerprint density at radius 1 is 0.340 bits per heavy atom. The molecule has 0 heterocycles. The Labute approximate surface area is 389 Å². The fraction of sp³-hybridized carbons (Fsp3) is 0.535. The van der Waals surface area contributed by atoms with Crippen molar-refractivity contribution < 1.29 is 109 Å². The van der Waals surface area contributed by atoms with E-state index < -0.39 is 15.0 Å². The minimum atomic E-state index is -1.52. The fourth-order valence-electron chi connectivity index (χ4n) is 4.63. The summed E-state index contributed by atoms with van der Waals surface area (Å²) in [5.74, 6) is 0. The van der Waals surface area contributed by atoms with Crippen molar-refractivity contribution in [3.05, 3.63) is 121 Å². The van der Waals surface area contributed by atoms with Crippen molar-refractivity contribution in [3.63, 3.8) is 0 Å². The van der Waals surface area contributed by atoms with Gasteiger partial charge in [0.1, 0.15) is 15.0 Å². The van der Waals surface area contributed by atoms with E-state index in [1.807, 2.05) is 121 Å². The molecule has 0 atom stereocenters. The summed E-state index contributed by atoms with van der Waals surface area (Å²) in [4.78, 5) is 20.9. The molecule has 0 saturated heterocycles. The van der Waals surface area contributed by atoms with E-state index in [2.05, 4.69) is 41.5 Å². The molecule has 3 nitrogen and oxygen atoms in total. The molecule has 0 saturated carbocycles. The Balaban J connectivity index is -0.000000169. The molecule has 4 aromatic carbocycles. The maximum Gasteiger partial charge on any atom is 0.142 e. The Hall–Kier alpha value is 1.18. The quantitative estimate of drug-likeness (QED) is 0.0817. The first-order chi connectivity index (χ1) is 22.9. The molecule has 0 unspecified atom stereocenters. The molecule has 50 heavy (non-hydrogen) atoms. The molecule has 0 radical (unpaired) electrons. The first-order valence-electron chi connectivity index (χ1n) is 18.7. The maximum absolute atomic E-state index is 10.5. The van der Waals surface area contributed by atoms with E-state index in [9.17, 15) is 9.79 Å². The van der Waals surface area contributed by atoms with E-state index in [4.69, 9.17) is 0 Å². The SMILES string of the molecule is CCCC[P+](O)(CCC)CCCC.CCCC[P+](O)(CCCC)CCCC.O.[Yb].[Yb].c1cc[cH-]c1.c1cc[cH-]c1.c1cc[cH-]c1.c1cc[cH-]c1. The first kappa shape index (κ1) is 60.4. The third-order valence-electron chi connectivity index (χ3n) is 7.50. The molecule has 0 aliphatic carbocycles. The van der Waals surface area contributed by atoms with E-state index in [1.165, 1.54) is 64.2 Å². The zero-order valence-corrected chi connectivity index (χ0v) is 37.6. The smallest absolute Gasteiger partial charge is 0.142 e. The molecule has 7 heteroatoms. The topological polar surface area (TPSA) is 72.0 Å². The van der Waals surface area contributed by atoms with Crippen molar-refractivity contribution in [2.75, 3.05) is 37.0 Å². The van der Waals surface area contributed by atoms with Crippen LogP contribution >= 0.6 is 15.0 Å². The Morgan fingerprint density at radius 2 is 0.520 bits per heavy atom. The molecular formula is C43H76O3P2Yb2-2. The van der Waals surface area contributed by atoms with Crippen LogP contribution in [-0.4, -0.2) is 52.2 Å². The number of unbranched alkanes of at least 4 members (excludes halogenated alkanes) is 5. The van der Waals surface area contributed by atoms with Gasteiger partial charge in [-0.15, -0.1) is 0 Å². The van der Waals surface area contributed by atoms with E-state index in [0.29, 0.717) is 0 Å². The summed E-state index contributed by atoms with van der Waals surface area (Å²) in [5.41, 5.74) is 0. The van der Waals surface area contributed by atoms with Gasteiger partial charge in [0, 0.05) is 93.8 Å². The van der Waals surface area contributed by atoms with Gasteiger partial charge >= 0.3 is 0 Å². The third kappa shape index (κ3) is 45.3. The zero-order chi connectivity index (χ0) is 35.2. The van der Waals surface area contributed by atoms with Crippen molar-refractivity contribution in [1.29, 1.82) is 0 Å². The van der Waals surface area contributed by atoms with Crippen LogP contribution in [-0.2, 0) is 0 Å². The van der Waals surface area contributed by atoms with Crippen LogP contribution in [0.1, 0.15) is 112 Å². The average Bonchev–Trinajstić information content (AvgIpc) is 3.94. The zero-order valence-electron chi connectivity index (χ0n) is 32.4. The maximum atomic E-state index is 10.5. The second-order valence-electron chi connectivity index (χ2n) is 12.1. The molecule has 4 rings (SSSR count). The van der Waals surface area contributed by atoms with Crippen molar-refractivity contribution in [1.82, 2.24) is 0 Å². The van der Waals surface area contributed by atoms with Crippen LogP contribution in [0.25, 0.3) is 0 Å². The Morgan fingerprint density at radius 3 is 0.640 bits per heavy atom. The molecule has 0 aromatic heterocycles. The fourth-order valence-corrected chi connectivity index (χ4v) is 11.3. The summed E-state index contributed by atoms with van der Waals surface area (Å²) in [6.45, 7) is 13.2. The predicted octanol–water partition coefficient (Wildman–Crippen LogP) is 13.0. The van der Waals surface area contributed by atoms with Crippen LogP contribution in [0.3, 0.4) is 0 Å². The number of hydrogen-bond donors (Lipinski definition) is 2.